The molecule has 0 radical (unpaired) electrons. The van der Waals surface area contributed by atoms with Crippen molar-refractivity contribution in [1.29, 1.82) is 0 Å². The molecule has 24 heavy (non-hydrogen) atoms. The van der Waals surface area contributed by atoms with Crippen LogP contribution in [-0.4, -0.2) is 56.7 Å². The number of carbonyl (C=O) groups excluding carboxylic acids is 1. The van der Waals surface area contributed by atoms with Crippen molar-refractivity contribution in [3.05, 3.63) is 41.5 Å². The Morgan fingerprint density at radius 3 is 3.00 bits per heavy atom. The summed E-state index contributed by atoms with van der Waals surface area (Å²) in [5.41, 5.74) is 0.742. The first kappa shape index (κ1) is 16.5. The summed E-state index contributed by atoms with van der Waals surface area (Å²) < 4.78 is 15.0. The number of rotatable bonds is 4. The Bertz CT molecular complexity index is 718. The highest BCUT2D eigenvalue weighted by Crippen LogP contribution is 2.19. The van der Waals surface area contributed by atoms with Gasteiger partial charge in [-0.25, -0.2) is 9.07 Å². The van der Waals surface area contributed by atoms with Crippen LogP contribution in [0.25, 0.3) is 0 Å². The SMILES string of the molecule is Cc1nnnn1C(Cc1cccc(F)c1)C(=O)N1CCNC(C)C1. The quantitative estimate of drug-likeness (QED) is 0.893. The smallest absolute Gasteiger partial charge is 0.248 e. The number of halogens is 1. The molecule has 2 atom stereocenters. The van der Waals surface area contributed by atoms with E-state index in [4.69, 9.17) is 0 Å². The minimum atomic E-state index is -0.577. The predicted octanol–water partition coefficient (Wildman–Crippen LogP) is 0.725. The van der Waals surface area contributed by atoms with Gasteiger partial charge in [-0.15, -0.1) is 5.10 Å². The minimum Gasteiger partial charge on any atom is -0.338 e. The van der Waals surface area contributed by atoms with Crippen molar-refractivity contribution in [2.75, 3.05) is 19.6 Å². The topological polar surface area (TPSA) is 75.9 Å². The molecule has 1 N–H and O–H groups in total. The zero-order valence-corrected chi connectivity index (χ0v) is 13.8. The van der Waals surface area contributed by atoms with Crippen LogP contribution in [0.2, 0.25) is 0 Å². The van der Waals surface area contributed by atoms with Crippen molar-refractivity contribution in [2.24, 2.45) is 0 Å². The van der Waals surface area contributed by atoms with Crippen molar-refractivity contribution < 1.29 is 9.18 Å². The summed E-state index contributed by atoms with van der Waals surface area (Å²) in [6.07, 6.45) is 0.348. The van der Waals surface area contributed by atoms with Gasteiger partial charge in [-0.1, -0.05) is 12.1 Å². The van der Waals surface area contributed by atoms with Crippen LogP contribution < -0.4 is 5.32 Å². The summed E-state index contributed by atoms with van der Waals surface area (Å²) in [7, 11) is 0. The number of aromatic nitrogens is 4. The largest absolute Gasteiger partial charge is 0.338 e. The van der Waals surface area contributed by atoms with Crippen LogP contribution in [-0.2, 0) is 11.2 Å². The Morgan fingerprint density at radius 2 is 2.33 bits per heavy atom. The van der Waals surface area contributed by atoms with E-state index in [9.17, 15) is 9.18 Å². The number of hydrogen-bond acceptors (Lipinski definition) is 5. The standard InChI is InChI=1S/C16H21FN6O/c1-11-10-22(7-6-18-11)16(24)15(23-12(2)19-20-21-23)9-13-4-3-5-14(17)8-13/h3-5,8,11,15,18H,6-7,9-10H2,1-2H3. The lowest BCUT2D eigenvalue weighted by atomic mass is 10.0. The van der Waals surface area contributed by atoms with E-state index in [0.29, 0.717) is 25.3 Å². The molecule has 1 amide bonds. The lowest BCUT2D eigenvalue weighted by Crippen LogP contribution is -2.53. The third-order valence-corrected chi connectivity index (χ3v) is 4.24. The number of nitrogens with one attached hydrogen (secondary N) is 1. The predicted molar refractivity (Wildman–Crippen MR) is 85.7 cm³/mol. The first-order valence-electron chi connectivity index (χ1n) is 8.05. The van der Waals surface area contributed by atoms with Crippen LogP contribution in [0.3, 0.4) is 0 Å². The lowest BCUT2D eigenvalue weighted by Gasteiger charge is -2.34. The molecule has 1 aromatic carbocycles. The Labute approximate surface area is 139 Å². The molecule has 8 heteroatoms. The zero-order valence-electron chi connectivity index (χ0n) is 13.8. The molecule has 0 saturated carbocycles. The summed E-state index contributed by atoms with van der Waals surface area (Å²) in [6, 6.07) is 5.95. The molecule has 1 aromatic heterocycles. The summed E-state index contributed by atoms with van der Waals surface area (Å²) in [5, 5.41) is 14.8. The van der Waals surface area contributed by atoms with Crippen LogP contribution in [0.4, 0.5) is 4.39 Å². The first-order chi connectivity index (χ1) is 11.5. The Kier molecular flexibility index (Phi) is 4.84. The third kappa shape index (κ3) is 3.59. The Hall–Kier alpha value is -2.35. The van der Waals surface area contributed by atoms with Gasteiger partial charge in [0.15, 0.2) is 0 Å². The zero-order chi connectivity index (χ0) is 17.1. The Morgan fingerprint density at radius 1 is 1.50 bits per heavy atom. The van der Waals surface area contributed by atoms with E-state index in [1.165, 1.54) is 16.8 Å². The normalized spacial score (nSPS) is 19.3. The second-order valence-electron chi connectivity index (χ2n) is 6.16. The van der Waals surface area contributed by atoms with Gasteiger partial charge in [0.1, 0.15) is 17.7 Å². The van der Waals surface area contributed by atoms with Crippen LogP contribution in [0.15, 0.2) is 24.3 Å². The number of tetrazole rings is 1. The van der Waals surface area contributed by atoms with Crippen LogP contribution in [0.1, 0.15) is 24.4 Å². The maximum Gasteiger partial charge on any atom is 0.248 e. The molecule has 0 bridgehead atoms. The highest BCUT2D eigenvalue weighted by atomic mass is 19.1. The highest BCUT2D eigenvalue weighted by Gasteiger charge is 2.30. The number of hydrogen-bond donors (Lipinski definition) is 1. The van der Waals surface area contributed by atoms with E-state index in [1.54, 1.807) is 13.0 Å². The summed E-state index contributed by atoms with van der Waals surface area (Å²) >= 11 is 0. The molecular weight excluding hydrogens is 311 g/mol. The van der Waals surface area contributed by atoms with E-state index >= 15 is 0 Å². The van der Waals surface area contributed by atoms with E-state index in [2.05, 4.69) is 20.8 Å². The van der Waals surface area contributed by atoms with Gasteiger partial charge in [0.05, 0.1) is 0 Å². The fourth-order valence-electron chi connectivity index (χ4n) is 3.04. The Balaban J connectivity index is 1.87. The van der Waals surface area contributed by atoms with E-state index in [0.717, 1.165) is 12.1 Å². The van der Waals surface area contributed by atoms with E-state index in [-0.39, 0.29) is 17.8 Å². The second-order valence-corrected chi connectivity index (χ2v) is 6.16. The van der Waals surface area contributed by atoms with Gasteiger partial charge in [-0.2, -0.15) is 0 Å². The minimum absolute atomic E-state index is 0.0389. The molecule has 0 spiro atoms. The van der Waals surface area contributed by atoms with Crippen molar-refractivity contribution in [2.45, 2.75) is 32.4 Å². The van der Waals surface area contributed by atoms with Gasteiger partial charge in [0.2, 0.25) is 5.91 Å². The molecule has 7 nitrogen and oxygen atoms in total. The summed E-state index contributed by atoms with van der Waals surface area (Å²) in [4.78, 5) is 14.9. The van der Waals surface area contributed by atoms with Crippen LogP contribution >= 0.6 is 0 Å². The van der Waals surface area contributed by atoms with Crippen molar-refractivity contribution in [3.8, 4) is 0 Å². The third-order valence-electron chi connectivity index (χ3n) is 4.24. The molecule has 0 aliphatic carbocycles. The molecule has 1 aliphatic heterocycles. The molecule has 1 aliphatic rings. The van der Waals surface area contributed by atoms with Gasteiger partial charge < -0.3 is 10.2 Å². The van der Waals surface area contributed by atoms with Crippen LogP contribution in [0.5, 0.6) is 0 Å². The summed E-state index contributed by atoms with van der Waals surface area (Å²) in [6.45, 7) is 5.84. The van der Waals surface area contributed by atoms with Gasteiger partial charge in [0.25, 0.3) is 0 Å². The summed E-state index contributed by atoms with van der Waals surface area (Å²) in [5.74, 6) is 0.207. The van der Waals surface area contributed by atoms with E-state index < -0.39 is 6.04 Å². The fraction of sp³-hybridized carbons (Fsp3) is 0.500. The van der Waals surface area contributed by atoms with Crippen molar-refractivity contribution in [1.82, 2.24) is 30.4 Å². The molecule has 128 valence electrons. The van der Waals surface area contributed by atoms with Gasteiger partial charge in [0, 0.05) is 32.1 Å². The number of nitrogens with zero attached hydrogens (tertiary/aromatic N) is 5. The number of piperazine rings is 1. The molecule has 1 saturated heterocycles. The van der Waals surface area contributed by atoms with Gasteiger partial charge in [-0.3, -0.25) is 4.79 Å². The molecular formula is C16H21FN6O. The maximum atomic E-state index is 13.5. The lowest BCUT2D eigenvalue weighted by molar-refractivity contribution is -0.136. The number of benzene rings is 1. The van der Waals surface area contributed by atoms with Crippen molar-refractivity contribution in [3.63, 3.8) is 0 Å². The maximum absolute atomic E-state index is 13.5. The molecule has 2 heterocycles. The van der Waals surface area contributed by atoms with Crippen molar-refractivity contribution >= 4 is 5.91 Å². The monoisotopic (exact) mass is 332 g/mol. The van der Waals surface area contributed by atoms with E-state index in [1.807, 2.05) is 17.9 Å². The molecule has 2 aromatic rings. The molecule has 1 fully saturated rings. The fourth-order valence-corrected chi connectivity index (χ4v) is 3.04. The van der Waals surface area contributed by atoms with Crippen LogP contribution in [0, 0.1) is 12.7 Å². The number of amides is 1. The first-order valence-corrected chi connectivity index (χ1v) is 8.05. The molecule has 2 unspecified atom stereocenters. The highest BCUT2D eigenvalue weighted by molar-refractivity contribution is 5.81. The average Bonchev–Trinajstić information content (AvgIpc) is 2.98. The second kappa shape index (κ2) is 7.04. The number of carbonyl (C=O) groups is 1. The number of aryl methyl sites for hydroxylation is 1. The van der Waals surface area contributed by atoms with Gasteiger partial charge in [-0.05, 0) is 42.0 Å². The molecule has 3 rings (SSSR count). The van der Waals surface area contributed by atoms with Gasteiger partial charge >= 0.3 is 0 Å². The average molecular weight is 332 g/mol.